The van der Waals surface area contributed by atoms with Gasteiger partial charge in [-0.3, -0.25) is 9.69 Å². The summed E-state index contributed by atoms with van der Waals surface area (Å²) in [6.45, 7) is 5.25. The molecular formula is C21H22ClN3OS. The second-order valence-electron chi connectivity index (χ2n) is 6.98. The summed E-state index contributed by atoms with van der Waals surface area (Å²) in [6.07, 6.45) is 0. The summed E-state index contributed by atoms with van der Waals surface area (Å²) in [5.41, 5.74) is 2.01. The zero-order valence-electron chi connectivity index (χ0n) is 15.2. The van der Waals surface area contributed by atoms with Crippen LogP contribution < -0.4 is 5.32 Å². The molecule has 0 atom stereocenters. The van der Waals surface area contributed by atoms with E-state index in [0.717, 1.165) is 48.5 Å². The van der Waals surface area contributed by atoms with E-state index in [1.54, 1.807) is 0 Å². The number of anilines is 1. The zero-order valence-corrected chi connectivity index (χ0v) is 16.8. The van der Waals surface area contributed by atoms with Gasteiger partial charge in [0, 0.05) is 48.5 Å². The Morgan fingerprint density at radius 1 is 1.11 bits per heavy atom. The highest BCUT2D eigenvalue weighted by Gasteiger charge is 2.18. The molecule has 2 heterocycles. The number of carbonyl (C=O) groups is 1. The van der Waals surface area contributed by atoms with Crippen molar-refractivity contribution in [3.8, 4) is 0 Å². The van der Waals surface area contributed by atoms with E-state index in [-0.39, 0.29) is 5.91 Å². The van der Waals surface area contributed by atoms with Crippen LogP contribution in [0.25, 0.3) is 10.1 Å². The number of hydrogen-bond acceptors (Lipinski definition) is 4. The fourth-order valence-electron chi connectivity index (χ4n) is 3.36. The first kappa shape index (κ1) is 18.4. The molecule has 1 saturated heterocycles. The van der Waals surface area contributed by atoms with Crippen molar-refractivity contribution in [2.45, 2.75) is 6.54 Å². The average Bonchev–Trinajstić information content (AvgIpc) is 3.01. The molecule has 0 unspecified atom stereocenters. The molecule has 0 radical (unpaired) electrons. The molecule has 0 aliphatic carbocycles. The summed E-state index contributed by atoms with van der Waals surface area (Å²) in [6, 6.07) is 15.9. The minimum absolute atomic E-state index is 0.155. The Balaban J connectivity index is 1.47. The molecule has 3 aromatic rings. The summed E-state index contributed by atoms with van der Waals surface area (Å²) < 4.78 is 1.02. The van der Waals surface area contributed by atoms with Crippen LogP contribution in [-0.2, 0) is 6.54 Å². The van der Waals surface area contributed by atoms with Crippen LogP contribution >= 0.6 is 22.9 Å². The van der Waals surface area contributed by atoms with Crippen LogP contribution in [0.2, 0.25) is 5.02 Å². The Bertz CT molecular complexity index is 963. The van der Waals surface area contributed by atoms with Crippen LogP contribution in [0.3, 0.4) is 0 Å². The molecule has 1 N–H and O–H groups in total. The van der Waals surface area contributed by atoms with E-state index in [4.69, 9.17) is 11.6 Å². The highest BCUT2D eigenvalue weighted by molar-refractivity contribution is 7.21. The van der Waals surface area contributed by atoms with Gasteiger partial charge in [0.15, 0.2) is 0 Å². The van der Waals surface area contributed by atoms with Crippen LogP contribution in [0.1, 0.15) is 15.2 Å². The maximum Gasteiger partial charge on any atom is 0.267 e. The molecule has 4 rings (SSSR count). The highest BCUT2D eigenvalue weighted by atomic mass is 35.5. The van der Waals surface area contributed by atoms with E-state index in [1.807, 2.05) is 36.4 Å². The van der Waals surface area contributed by atoms with Crippen molar-refractivity contribution in [1.82, 2.24) is 9.80 Å². The van der Waals surface area contributed by atoms with Crippen molar-refractivity contribution in [2.24, 2.45) is 0 Å². The number of benzene rings is 2. The van der Waals surface area contributed by atoms with Gasteiger partial charge in [-0.2, -0.15) is 0 Å². The number of nitrogens with one attached hydrogen (secondary N) is 1. The zero-order chi connectivity index (χ0) is 18.8. The van der Waals surface area contributed by atoms with Crippen molar-refractivity contribution in [1.29, 1.82) is 0 Å². The summed E-state index contributed by atoms with van der Waals surface area (Å²) in [7, 11) is 2.16. The van der Waals surface area contributed by atoms with E-state index < -0.39 is 0 Å². The molecule has 1 aliphatic heterocycles. The third-order valence-electron chi connectivity index (χ3n) is 4.93. The van der Waals surface area contributed by atoms with Gasteiger partial charge in [-0.1, -0.05) is 41.9 Å². The molecule has 6 heteroatoms. The lowest BCUT2D eigenvalue weighted by atomic mass is 10.1. The number of likely N-dealkylation sites (N-methyl/N-ethyl adjacent to an activating group) is 1. The van der Waals surface area contributed by atoms with Gasteiger partial charge < -0.3 is 10.2 Å². The third kappa shape index (κ3) is 4.17. The molecule has 4 nitrogen and oxygen atoms in total. The van der Waals surface area contributed by atoms with Crippen LogP contribution in [0.5, 0.6) is 0 Å². The first-order valence-electron chi connectivity index (χ1n) is 9.08. The van der Waals surface area contributed by atoms with E-state index in [0.29, 0.717) is 9.90 Å². The number of hydrogen-bond donors (Lipinski definition) is 1. The van der Waals surface area contributed by atoms with Crippen molar-refractivity contribution in [3.05, 3.63) is 64.0 Å². The number of carbonyl (C=O) groups excluding carboxylic acids is 1. The molecule has 1 amide bonds. The molecule has 0 bridgehead atoms. The van der Waals surface area contributed by atoms with E-state index in [2.05, 4.69) is 34.3 Å². The Kier molecular flexibility index (Phi) is 5.45. The molecule has 1 fully saturated rings. The molecule has 1 aromatic heterocycles. The number of nitrogens with zero attached hydrogens (tertiary/aromatic N) is 2. The predicted molar refractivity (Wildman–Crippen MR) is 114 cm³/mol. The minimum atomic E-state index is -0.155. The Morgan fingerprint density at radius 2 is 1.89 bits per heavy atom. The van der Waals surface area contributed by atoms with Crippen molar-refractivity contribution < 1.29 is 4.79 Å². The van der Waals surface area contributed by atoms with Crippen molar-refractivity contribution >= 4 is 44.6 Å². The van der Waals surface area contributed by atoms with Gasteiger partial charge in [-0.15, -0.1) is 11.3 Å². The van der Waals surface area contributed by atoms with Crippen LogP contribution in [0.4, 0.5) is 5.69 Å². The Labute approximate surface area is 168 Å². The van der Waals surface area contributed by atoms with E-state index in [9.17, 15) is 4.79 Å². The highest BCUT2D eigenvalue weighted by Crippen LogP contribution is 2.35. The Morgan fingerprint density at radius 3 is 2.67 bits per heavy atom. The second-order valence-corrected chi connectivity index (χ2v) is 8.41. The lowest BCUT2D eigenvalue weighted by Crippen LogP contribution is -2.43. The van der Waals surface area contributed by atoms with Crippen LogP contribution in [0.15, 0.2) is 48.5 Å². The monoisotopic (exact) mass is 399 g/mol. The summed E-state index contributed by atoms with van der Waals surface area (Å²) in [5.74, 6) is -0.155. The van der Waals surface area contributed by atoms with Gasteiger partial charge in [0.1, 0.15) is 4.88 Å². The summed E-state index contributed by atoms with van der Waals surface area (Å²) in [4.78, 5) is 18.1. The molecule has 27 heavy (non-hydrogen) atoms. The Hall–Kier alpha value is -1.92. The number of thiophene rings is 1. The topological polar surface area (TPSA) is 35.6 Å². The quantitative estimate of drug-likeness (QED) is 0.698. The first-order valence-corrected chi connectivity index (χ1v) is 10.3. The third-order valence-corrected chi connectivity index (χ3v) is 6.60. The number of halogens is 1. The summed E-state index contributed by atoms with van der Waals surface area (Å²) in [5, 5.41) is 4.46. The van der Waals surface area contributed by atoms with E-state index >= 15 is 0 Å². The average molecular weight is 400 g/mol. The molecule has 0 spiro atoms. The van der Waals surface area contributed by atoms with Gasteiger partial charge in [0.25, 0.3) is 5.91 Å². The number of rotatable bonds is 4. The van der Waals surface area contributed by atoms with E-state index in [1.165, 1.54) is 16.9 Å². The van der Waals surface area contributed by atoms with Crippen LogP contribution in [-0.4, -0.2) is 48.9 Å². The molecule has 1 aliphatic rings. The van der Waals surface area contributed by atoms with Crippen LogP contribution in [0, 0.1) is 0 Å². The maximum absolute atomic E-state index is 12.7. The van der Waals surface area contributed by atoms with Crippen molar-refractivity contribution in [2.75, 3.05) is 38.5 Å². The first-order chi connectivity index (χ1) is 13.1. The standard InChI is InChI=1S/C21H22ClN3OS/c1-24-9-11-25(12-10-24)14-15-5-4-6-16(13-15)23-21(26)20-19(22)17-7-2-3-8-18(17)27-20/h2-8,13H,9-12,14H2,1H3,(H,23,26). The maximum atomic E-state index is 12.7. The lowest BCUT2D eigenvalue weighted by Gasteiger charge is -2.32. The fraction of sp³-hybridized carbons (Fsp3) is 0.286. The molecule has 0 saturated carbocycles. The van der Waals surface area contributed by atoms with Gasteiger partial charge in [0.2, 0.25) is 0 Å². The number of amides is 1. The lowest BCUT2D eigenvalue weighted by molar-refractivity contribution is 0.103. The van der Waals surface area contributed by atoms with Gasteiger partial charge in [0.05, 0.1) is 5.02 Å². The van der Waals surface area contributed by atoms with Gasteiger partial charge >= 0.3 is 0 Å². The van der Waals surface area contributed by atoms with Gasteiger partial charge in [-0.05, 0) is 30.8 Å². The molecule has 140 valence electrons. The summed E-state index contributed by atoms with van der Waals surface area (Å²) >= 11 is 7.86. The number of fused-ring (bicyclic) bond motifs is 1. The molecule has 2 aromatic carbocycles. The van der Waals surface area contributed by atoms with Crippen molar-refractivity contribution in [3.63, 3.8) is 0 Å². The largest absolute Gasteiger partial charge is 0.321 e. The second kappa shape index (κ2) is 7.98. The fourth-order valence-corrected chi connectivity index (χ4v) is 4.77. The smallest absolute Gasteiger partial charge is 0.267 e. The number of piperazine rings is 1. The normalized spacial score (nSPS) is 15.9. The SMILES string of the molecule is CN1CCN(Cc2cccc(NC(=O)c3sc4ccccc4c3Cl)c2)CC1. The van der Waals surface area contributed by atoms with Gasteiger partial charge in [-0.25, -0.2) is 0 Å². The molecular weight excluding hydrogens is 378 g/mol. The minimum Gasteiger partial charge on any atom is -0.321 e. The predicted octanol–water partition coefficient (Wildman–Crippen LogP) is 4.55.